The molecule has 0 unspecified atom stereocenters. The number of ether oxygens (including phenoxy) is 1. The molecule has 0 aromatic heterocycles. The molecule has 4 rings (SSSR count). The van der Waals surface area contributed by atoms with Gasteiger partial charge in [0.15, 0.2) is 11.5 Å². The largest absolute Gasteiger partial charge is 0.507 e. The molecule has 0 heterocycles. The second kappa shape index (κ2) is 9.03. The van der Waals surface area contributed by atoms with Gasteiger partial charge in [-0.1, -0.05) is 54.6 Å². The van der Waals surface area contributed by atoms with E-state index in [1.807, 2.05) is 64.1 Å². The number of rotatable bonds is 5. The molecule has 35 heavy (non-hydrogen) atoms. The van der Waals surface area contributed by atoms with Gasteiger partial charge in [-0.15, -0.1) is 0 Å². The van der Waals surface area contributed by atoms with Crippen molar-refractivity contribution in [2.75, 3.05) is 7.11 Å². The number of benzene rings is 4. The summed E-state index contributed by atoms with van der Waals surface area (Å²) in [6, 6.07) is 21.9. The third-order valence-corrected chi connectivity index (χ3v) is 7.11. The van der Waals surface area contributed by atoms with Crippen LogP contribution in [0.2, 0.25) is 0 Å². The monoisotopic (exact) mass is 468 g/mol. The van der Waals surface area contributed by atoms with Crippen molar-refractivity contribution in [2.45, 2.75) is 40.0 Å². The molecule has 0 bridgehead atoms. The molecule has 0 saturated carbocycles. The van der Waals surface area contributed by atoms with Gasteiger partial charge in [0.2, 0.25) is 0 Å². The van der Waals surface area contributed by atoms with Gasteiger partial charge in [-0.2, -0.15) is 0 Å². The van der Waals surface area contributed by atoms with Crippen LogP contribution in [0.4, 0.5) is 0 Å². The maximum atomic E-state index is 10.4. The zero-order valence-electron chi connectivity index (χ0n) is 21.1. The van der Waals surface area contributed by atoms with Crippen molar-refractivity contribution >= 4 is 0 Å². The highest BCUT2D eigenvalue weighted by Crippen LogP contribution is 2.43. The van der Waals surface area contributed by atoms with Gasteiger partial charge >= 0.3 is 0 Å². The maximum absolute atomic E-state index is 10.4. The molecule has 4 aromatic carbocycles. The van der Waals surface area contributed by atoms with Gasteiger partial charge in [0, 0.05) is 5.41 Å². The Morgan fingerprint density at radius 1 is 0.571 bits per heavy atom. The van der Waals surface area contributed by atoms with Crippen LogP contribution in [-0.4, -0.2) is 22.4 Å². The molecule has 0 aliphatic heterocycles. The molecule has 0 radical (unpaired) electrons. The number of phenolic OH excluding ortho intramolecular Hbond substituents is 3. The van der Waals surface area contributed by atoms with Crippen molar-refractivity contribution in [3.8, 4) is 34.1 Å². The zero-order valence-corrected chi connectivity index (χ0v) is 21.1. The number of aryl methyl sites for hydroxylation is 4. The van der Waals surface area contributed by atoms with Crippen LogP contribution in [-0.2, 0) is 5.41 Å². The summed E-state index contributed by atoms with van der Waals surface area (Å²) in [7, 11) is 1.54. The van der Waals surface area contributed by atoms with E-state index in [2.05, 4.69) is 31.2 Å². The average molecular weight is 469 g/mol. The molecule has 4 nitrogen and oxygen atoms in total. The van der Waals surface area contributed by atoms with E-state index < -0.39 is 5.41 Å². The normalized spacial score (nSPS) is 11.5. The zero-order chi connectivity index (χ0) is 25.5. The van der Waals surface area contributed by atoms with Crippen LogP contribution in [0.1, 0.15) is 45.9 Å². The topological polar surface area (TPSA) is 69.9 Å². The molecule has 0 fully saturated rings. The Morgan fingerprint density at radius 3 is 1.43 bits per heavy atom. The highest BCUT2D eigenvalue weighted by molar-refractivity contribution is 5.68. The third kappa shape index (κ3) is 4.21. The fourth-order valence-corrected chi connectivity index (χ4v) is 4.84. The summed E-state index contributed by atoms with van der Waals surface area (Å²) < 4.78 is 5.27. The average Bonchev–Trinajstić information content (AvgIpc) is 2.85. The second-order valence-corrected chi connectivity index (χ2v) is 9.51. The smallest absolute Gasteiger partial charge is 0.161 e. The first-order valence-corrected chi connectivity index (χ1v) is 11.7. The Kier molecular flexibility index (Phi) is 6.25. The summed E-state index contributed by atoms with van der Waals surface area (Å²) in [5.41, 5.74) is 7.93. The fraction of sp³-hybridized carbons (Fsp3) is 0.226. The van der Waals surface area contributed by atoms with Gasteiger partial charge < -0.3 is 20.1 Å². The highest BCUT2D eigenvalue weighted by Gasteiger charge is 2.33. The van der Waals surface area contributed by atoms with Crippen molar-refractivity contribution in [2.24, 2.45) is 0 Å². The first kappa shape index (κ1) is 24.2. The van der Waals surface area contributed by atoms with E-state index in [4.69, 9.17) is 4.74 Å². The van der Waals surface area contributed by atoms with E-state index in [1.165, 1.54) is 7.11 Å². The Hall–Kier alpha value is -3.92. The first-order chi connectivity index (χ1) is 16.6. The van der Waals surface area contributed by atoms with Crippen LogP contribution >= 0.6 is 0 Å². The van der Waals surface area contributed by atoms with Gasteiger partial charge in [0.1, 0.15) is 11.5 Å². The van der Waals surface area contributed by atoms with Crippen LogP contribution < -0.4 is 4.74 Å². The summed E-state index contributed by atoms with van der Waals surface area (Å²) in [4.78, 5) is 0. The van der Waals surface area contributed by atoms with Crippen molar-refractivity contribution < 1.29 is 20.1 Å². The number of phenols is 3. The highest BCUT2D eigenvalue weighted by atomic mass is 16.5. The molecular weight excluding hydrogens is 436 g/mol. The van der Waals surface area contributed by atoms with E-state index in [0.717, 1.165) is 50.1 Å². The molecule has 0 spiro atoms. The number of hydrogen-bond acceptors (Lipinski definition) is 4. The summed E-state index contributed by atoms with van der Waals surface area (Å²) in [6.45, 7) is 9.85. The van der Waals surface area contributed by atoms with E-state index in [0.29, 0.717) is 17.2 Å². The van der Waals surface area contributed by atoms with Gasteiger partial charge in [0.05, 0.1) is 7.11 Å². The van der Waals surface area contributed by atoms with Crippen molar-refractivity contribution in [1.29, 1.82) is 0 Å². The van der Waals surface area contributed by atoms with Crippen molar-refractivity contribution in [1.82, 2.24) is 0 Å². The van der Waals surface area contributed by atoms with E-state index in [-0.39, 0.29) is 5.75 Å². The standard InChI is InChI=1S/C31H32O4/c1-18-13-25(14-19(2)29(18)33)31(5,26-15-20(3)30(34)21(4)16-26)24-10-7-22(8-11-24)23-9-12-27(32)28(17-23)35-6/h7-17,32-34H,1-6H3. The summed E-state index contributed by atoms with van der Waals surface area (Å²) in [6.07, 6.45) is 0. The SMILES string of the molecule is COc1cc(-c2ccc(C(C)(c3cc(C)c(O)c(C)c3)c3cc(C)c(O)c(C)c3)cc2)ccc1O. The van der Waals surface area contributed by atoms with Crippen LogP contribution in [0, 0.1) is 27.7 Å². The molecule has 4 heteroatoms. The molecule has 180 valence electrons. The lowest BCUT2D eigenvalue weighted by Crippen LogP contribution is -2.26. The Morgan fingerprint density at radius 2 is 1.00 bits per heavy atom. The molecule has 0 aliphatic rings. The lowest BCUT2D eigenvalue weighted by atomic mass is 9.69. The Bertz CT molecular complexity index is 1300. The van der Waals surface area contributed by atoms with Crippen LogP contribution in [0.3, 0.4) is 0 Å². The predicted octanol–water partition coefficient (Wildman–Crippen LogP) is 7.07. The van der Waals surface area contributed by atoms with Crippen molar-refractivity contribution in [3.63, 3.8) is 0 Å². The summed E-state index contributed by atoms with van der Waals surface area (Å²) in [5, 5.41) is 30.8. The van der Waals surface area contributed by atoms with Gasteiger partial charge in [0.25, 0.3) is 0 Å². The molecule has 0 atom stereocenters. The minimum absolute atomic E-state index is 0.108. The molecule has 4 aromatic rings. The van der Waals surface area contributed by atoms with E-state index in [9.17, 15) is 15.3 Å². The van der Waals surface area contributed by atoms with Crippen LogP contribution in [0.25, 0.3) is 11.1 Å². The van der Waals surface area contributed by atoms with E-state index >= 15 is 0 Å². The Labute approximate surface area is 207 Å². The van der Waals surface area contributed by atoms with Crippen LogP contribution in [0.15, 0.2) is 66.7 Å². The lowest BCUT2D eigenvalue weighted by Gasteiger charge is -2.33. The van der Waals surface area contributed by atoms with E-state index in [1.54, 1.807) is 6.07 Å². The second-order valence-electron chi connectivity index (χ2n) is 9.51. The molecule has 0 saturated heterocycles. The van der Waals surface area contributed by atoms with Gasteiger partial charge in [-0.05, 0) is 96.8 Å². The minimum atomic E-state index is -0.530. The molecule has 0 aliphatic carbocycles. The fourth-order valence-electron chi connectivity index (χ4n) is 4.84. The minimum Gasteiger partial charge on any atom is -0.507 e. The number of methoxy groups -OCH3 is 1. The quantitative estimate of drug-likeness (QED) is 0.274. The summed E-state index contributed by atoms with van der Waals surface area (Å²) in [5.74, 6) is 1.16. The lowest BCUT2D eigenvalue weighted by molar-refractivity contribution is 0.373. The number of aromatic hydroxyl groups is 3. The molecule has 0 amide bonds. The van der Waals surface area contributed by atoms with Crippen molar-refractivity contribution in [3.05, 3.63) is 106 Å². The Balaban J connectivity index is 1.91. The van der Waals surface area contributed by atoms with Gasteiger partial charge in [-0.3, -0.25) is 0 Å². The maximum Gasteiger partial charge on any atom is 0.161 e. The predicted molar refractivity (Wildman–Crippen MR) is 141 cm³/mol. The summed E-state index contributed by atoms with van der Waals surface area (Å²) >= 11 is 0. The molecular formula is C31H32O4. The van der Waals surface area contributed by atoms with Gasteiger partial charge in [-0.25, -0.2) is 0 Å². The van der Waals surface area contributed by atoms with Crippen LogP contribution in [0.5, 0.6) is 23.0 Å². The first-order valence-electron chi connectivity index (χ1n) is 11.7. The number of hydrogen-bond donors (Lipinski definition) is 3. The third-order valence-electron chi connectivity index (χ3n) is 7.11. The molecule has 3 N–H and O–H groups in total.